The van der Waals surface area contributed by atoms with Gasteiger partial charge in [0, 0.05) is 18.7 Å². The molecule has 1 aromatic heterocycles. The van der Waals surface area contributed by atoms with Gasteiger partial charge >= 0.3 is 0 Å². The maximum absolute atomic E-state index is 12.8. The lowest BCUT2D eigenvalue weighted by molar-refractivity contribution is -0.136. The average molecular weight is 424 g/mol. The third-order valence-corrected chi connectivity index (χ3v) is 6.25. The van der Waals surface area contributed by atoms with Crippen molar-refractivity contribution in [3.8, 4) is 0 Å². The molecule has 162 valence electrons. The molecule has 1 fully saturated rings. The number of carbonyl (C=O) groups is 2. The molecule has 0 bridgehead atoms. The van der Waals surface area contributed by atoms with Crippen molar-refractivity contribution in [2.24, 2.45) is 17.3 Å². The number of anilines is 1. The molecule has 1 aliphatic rings. The van der Waals surface area contributed by atoms with E-state index in [2.05, 4.69) is 36.1 Å². The molecule has 0 radical (unpaired) electrons. The van der Waals surface area contributed by atoms with E-state index < -0.39 is 6.04 Å². The van der Waals surface area contributed by atoms with Crippen molar-refractivity contribution in [2.45, 2.75) is 66.3 Å². The van der Waals surface area contributed by atoms with Gasteiger partial charge in [0.15, 0.2) is 0 Å². The summed E-state index contributed by atoms with van der Waals surface area (Å²) in [6, 6.07) is -0.512. The van der Waals surface area contributed by atoms with E-state index in [0.717, 1.165) is 31.2 Å². The zero-order valence-corrected chi connectivity index (χ0v) is 18.9. The number of rotatable bonds is 6. The molecule has 2 amide bonds. The Morgan fingerprint density at radius 3 is 2.76 bits per heavy atom. The average Bonchev–Trinajstić information content (AvgIpc) is 2.60. The van der Waals surface area contributed by atoms with Crippen molar-refractivity contribution in [1.29, 1.82) is 0 Å². The Morgan fingerprint density at radius 1 is 1.45 bits per heavy atom. The van der Waals surface area contributed by atoms with Gasteiger partial charge in [0.05, 0.1) is 0 Å². The van der Waals surface area contributed by atoms with Crippen LogP contribution in [0.15, 0.2) is 0 Å². The van der Waals surface area contributed by atoms with Crippen molar-refractivity contribution in [3.63, 3.8) is 0 Å². The summed E-state index contributed by atoms with van der Waals surface area (Å²) in [4.78, 5) is 33.9. The van der Waals surface area contributed by atoms with E-state index in [0.29, 0.717) is 48.1 Å². The molecule has 3 atom stereocenters. The second-order valence-electron chi connectivity index (χ2n) is 9.12. The lowest BCUT2D eigenvalue weighted by Gasteiger charge is -2.41. The van der Waals surface area contributed by atoms with Gasteiger partial charge in [-0.25, -0.2) is 9.97 Å². The number of halogens is 1. The number of amides is 2. The Labute approximate surface area is 178 Å². The molecule has 3 unspecified atom stereocenters. The van der Waals surface area contributed by atoms with Gasteiger partial charge in [0.1, 0.15) is 22.8 Å². The number of hydrogen-bond donors (Lipinski definition) is 2. The molecule has 29 heavy (non-hydrogen) atoms. The highest BCUT2D eigenvalue weighted by Gasteiger charge is 2.34. The van der Waals surface area contributed by atoms with Crippen LogP contribution in [0.5, 0.6) is 0 Å². The Morgan fingerprint density at radius 2 is 2.14 bits per heavy atom. The van der Waals surface area contributed by atoms with Crippen molar-refractivity contribution in [2.75, 3.05) is 18.8 Å². The van der Waals surface area contributed by atoms with Crippen LogP contribution in [-0.2, 0) is 16.0 Å². The lowest BCUT2D eigenvalue weighted by Crippen LogP contribution is -2.49. The van der Waals surface area contributed by atoms with Gasteiger partial charge in [-0.1, -0.05) is 32.4 Å². The van der Waals surface area contributed by atoms with Gasteiger partial charge in [-0.3, -0.25) is 9.59 Å². The Kier molecular flexibility index (Phi) is 7.86. The summed E-state index contributed by atoms with van der Waals surface area (Å²) >= 11 is 6.30. The fourth-order valence-corrected chi connectivity index (χ4v) is 4.83. The highest BCUT2D eigenvalue weighted by molar-refractivity contribution is 6.30. The standard InChI is InChI=1S/C21H34ClN5O2/c1-13-10-21(4,5)11-27(20(29)14(2)24-12-28)9-8-16(13)6-7-17-18(22)25-15(3)26-19(17)23/h12-14,16H,6-11H2,1-5H3,(H,24,28)(H2,23,25,26). The maximum Gasteiger partial charge on any atom is 0.244 e. The predicted octanol–water partition coefficient (Wildman–Crippen LogP) is 2.99. The van der Waals surface area contributed by atoms with Gasteiger partial charge < -0.3 is 16.0 Å². The number of aryl methyl sites for hydroxylation is 1. The van der Waals surface area contributed by atoms with Crippen LogP contribution in [0, 0.1) is 24.2 Å². The maximum atomic E-state index is 12.8. The minimum absolute atomic E-state index is 0.00170. The first kappa shape index (κ1) is 23.4. The molecule has 1 aromatic rings. The van der Waals surface area contributed by atoms with Crippen LogP contribution in [0.1, 0.15) is 58.3 Å². The molecule has 0 aliphatic carbocycles. The van der Waals surface area contributed by atoms with Crippen LogP contribution in [0.3, 0.4) is 0 Å². The number of aromatic nitrogens is 2. The monoisotopic (exact) mass is 423 g/mol. The molecule has 8 heteroatoms. The molecular weight excluding hydrogens is 390 g/mol. The molecule has 0 saturated carbocycles. The molecule has 2 heterocycles. The van der Waals surface area contributed by atoms with Gasteiger partial charge in [-0.05, 0) is 56.8 Å². The zero-order valence-electron chi connectivity index (χ0n) is 18.2. The first-order valence-corrected chi connectivity index (χ1v) is 10.7. The normalized spacial score (nSPS) is 23.0. The van der Waals surface area contributed by atoms with Gasteiger partial charge in [-0.15, -0.1) is 0 Å². The van der Waals surface area contributed by atoms with Gasteiger partial charge in [0.2, 0.25) is 12.3 Å². The van der Waals surface area contributed by atoms with Crippen molar-refractivity contribution in [1.82, 2.24) is 20.2 Å². The van der Waals surface area contributed by atoms with E-state index >= 15 is 0 Å². The largest absolute Gasteiger partial charge is 0.383 e. The number of carbonyl (C=O) groups excluding carboxylic acids is 2. The third-order valence-electron chi connectivity index (χ3n) is 5.93. The summed E-state index contributed by atoms with van der Waals surface area (Å²) in [6.07, 6.45) is 4.14. The smallest absolute Gasteiger partial charge is 0.244 e. The van der Waals surface area contributed by atoms with Crippen molar-refractivity contribution in [3.05, 3.63) is 16.5 Å². The van der Waals surface area contributed by atoms with Gasteiger partial charge in [0.25, 0.3) is 0 Å². The van der Waals surface area contributed by atoms with Crippen LogP contribution in [0.25, 0.3) is 0 Å². The van der Waals surface area contributed by atoms with E-state index in [4.69, 9.17) is 17.3 Å². The summed E-state index contributed by atoms with van der Waals surface area (Å²) in [5.41, 5.74) is 6.88. The highest BCUT2D eigenvalue weighted by Crippen LogP contribution is 2.37. The van der Waals surface area contributed by atoms with E-state index in [-0.39, 0.29) is 11.3 Å². The molecule has 3 N–H and O–H groups in total. The van der Waals surface area contributed by atoms with Crippen LogP contribution in [0.2, 0.25) is 5.15 Å². The summed E-state index contributed by atoms with van der Waals surface area (Å²) < 4.78 is 0. The first-order valence-electron chi connectivity index (χ1n) is 10.3. The van der Waals surface area contributed by atoms with E-state index in [9.17, 15) is 9.59 Å². The van der Waals surface area contributed by atoms with Gasteiger partial charge in [-0.2, -0.15) is 0 Å². The quantitative estimate of drug-likeness (QED) is 0.541. The number of nitrogens with zero attached hydrogens (tertiary/aromatic N) is 3. The predicted molar refractivity (Wildman–Crippen MR) is 115 cm³/mol. The van der Waals surface area contributed by atoms with E-state index in [1.807, 2.05) is 4.90 Å². The second-order valence-corrected chi connectivity index (χ2v) is 9.48. The summed E-state index contributed by atoms with van der Waals surface area (Å²) in [5, 5.41) is 3.01. The molecule has 7 nitrogen and oxygen atoms in total. The zero-order chi connectivity index (χ0) is 21.8. The van der Waals surface area contributed by atoms with Crippen molar-refractivity contribution >= 4 is 29.7 Å². The van der Waals surface area contributed by atoms with Crippen LogP contribution < -0.4 is 11.1 Å². The molecule has 1 saturated heterocycles. The Bertz CT molecular complexity index is 717. The number of nitrogens with two attached hydrogens (primary N) is 1. The molecule has 0 aromatic carbocycles. The lowest BCUT2D eigenvalue weighted by atomic mass is 9.73. The Hall–Kier alpha value is -1.89. The first-order chi connectivity index (χ1) is 13.5. The molecule has 2 rings (SSSR count). The molecular formula is C21H34ClN5O2. The number of likely N-dealkylation sites (tertiary alicyclic amines) is 1. The van der Waals surface area contributed by atoms with Crippen LogP contribution in [0.4, 0.5) is 5.82 Å². The number of hydrogen-bond acceptors (Lipinski definition) is 5. The molecule has 0 spiro atoms. The minimum Gasteiger partial charge on any atom is -0.383 e. The number of nitrogen functional groups attached to an aromatic ring is 1. The van der Waals surface area contributed by atoms with Crippen LogP contribution in [-0.4, -0.2) is 46.3 Å². The van der Waals surface area contributed by atoms with Crippen LogP contribution >= 0.6 is 11.6 Å². The minimum atomic E-state index is -0.512. The molecule has 1 aliphatic heterocycles. The SMILES string of the molecule is Cc1nc(N)c(CCC2CCN(C(=O)C(C)NC=O)CC(C)(C)CC2C)c(Cl)n1. The van der Waals surface area contributed by atoms with Crippen molar-refractivity contribution < 1.29 is 9.59 Å². The van der Waals surface area contributed by atoms with E-state index in [1.54, 1.807) is 13.8 Å². The Balaban J connectivity index is 2.12. The second kappa shape index (κ2) is 9.74. The fraction of sp³-hybridized carbons (Fsp3) is 0.714. The topological polar surface area (TPSA) is 101 Å². The third kappa shape index (κ3) is 6.29. The highest BCUT2D eigenvalue weighted by atomic mass is 35.5. The fourth-order valence-electron chi connectivity index (χ4n) is 4.51. The van der Waals surface area contributed by atoms with E-state index in [1.165, 1.54) is 0 Å². The summed E-state index contributed by atoms with van der Waals surface area (Å²) in [5.74, 6) is 1.93. The summed E-state index contributed by atoms with van der Waals surface area (Å²) in [7, 11) is 0. The number of nitrogens with one attached hydrogen (secondary N) is 1. The summed E-state index contributed by atoms with van der Waals surface area (Å²) in [6.45, 7) is 11.6.